The molecule has 134 valence electrons. The molecule has 1 amide bonds. The molecular formula is C19H26N4O2. The number of aliphatic hydroxyl groups is 1. The van der Waals surface area contributed by atoms with Crippen LogP contribution in [0.4, 0.5) is 0 Å². The number of nitrogens with one attached hydrogen (secondary N) is 1. The van der Waals surface area contributed by atoms with Crippen molar-refractivity contribution in [2.24, 2.45) is 5.92 Å². The Morgan fingerprint density at radius 1 is 1.36 bits per heavy atom. The van der Waals surface area contributed by atoms with Crippen LogP contribution >= 0.6 is 0 Å². The monoisotopic (exact) mass is 342 g/mol. The van der Waals surface area contributed by atoms with E-state index in [1.807, 2.05) is 29.3 Å². The lowest BCUT2D eigenvalue weighted by atomic mass is 9.89. The molecule has 2 saturated heterocycles. The molecule has 6 nitrogen and oxygen atoms in total. The molecule has 2 fully saturated rings. The Bertz CT molecular complexity index is 743. The molecule has 2 aromatic rings. The van der Waals surface area contributed by atoms with Crippen LogP contribution in [0.15, 0.2) is 30.6 Å². The molecule has 2 aliphatic rings. The summed E-state index contributed by atoms with van der Waals surface area (Å²) in [7, 11) is 0. The summed E-state index contributed by atoms with van der Waals surface area (Å²) in [6.45, 7) is 3.65. The third-order valence-electron chi connectivity index (χ3n) is 5.65. The average molecular weight is 342 g/mol. The zero-order chi connectivity index (χ0) is 17.3. The number of amides is 1. The normalized spacial score (nSPS) is 23.7. The molecule has 4 heterocycles. The molecule has 0 aromatic carbocycles. The summed E-state index contributed by atoms with van der Waals surface area (Å²) < 4.78 is 2.07. The van der Waals surface area contributed by atoms with Crippen LogP contribution in [0.25, 0.3) is 11.0 Å². The Balaban J connectivity index is 1.39. The molecule has 0 unspecified atom stereocenters. The van der Waals surface area contributed by atoms with Gasteiger partial charge in [-0.2, -0.15) is 0 Å². The van der Waals surface area contributed by atoms with Gasteiger partial charge >= 0.3 is 0 Å². The van der Waals surface area contributed by atoms with Gasteiger partial charge in [0.25, 0.3) is 0 Å². The fourth-order valence-electron chi connectivity index (χ4n) is 4.10. The number of fused-ring (bicyclic) bond motifs is 1. The van der Waals surface area contributed by atoms with Crippen LogP contribution in [0.3, 0.4) is 0 Å². The van der Waals surface area contributed by atoms with E-state index < -0.39 is 5.60 Å². The van der Waals surface area contributed by atoms with Gasteiger partial charge in [-0.25, -0.2) is 0 Å². The maximum absolute atomic E-state index is 12.6. The minimum absolute atomic E-state index is 0.111. The molecule has 0 saturated carbocycles. The highest BCUT2D eigenvalue weighted by molar-refractivity contribution is 5.79. The smallest absolute Gasteiger partial charge is 0.226 e. The van der Waals surface area contributed by atoms with Crippen molar-refractivity contribution in [1.82, 2.24) is 19.8 Å². The second kappa shape index (κ2) is 6.77. The Morgan fingerprint density at radius 2 is 2.20 bits per heavy atom. The van der Waals surface area contributed by atoms with Crippen LogP contribution in [0.5, 0.6) is 0 Å². The maximum Gasteiger partial charge on any atom is 0.226 e. The summed E-state index contributed by atoms with van der Waals surface area (Å²) in [5.74, 6) is 0.365. The van der Waals surface area contributed by atoms with Gasteiger partial charge in [0, 0.05) is 32.0 Å². The van der Waals surface area contributed by atoms with Crippen molar-refractivity contribution in [2.45, 2.75) is 37.8 Å². The summed E-state index contributed by atoms with van der Waals surface area (Å²) in [4.78, 5) is 18.9. The van der Waals surface area contributed by atoms with Crippen molar-refractivity contribution in [2.75, 3.05) is 26.2 Å². The summed E-state index contributed by atoms with van der Waals surface area (Å²) in [5, 5.41) is 14.3. The van der Waals surface area contributed by atoms with E-state index in [0.717, 1.165) is 37.0 Å². The minimum Gasteiger partial charge on any atom is -0.388 e. The zero-order valence-electron chi connectivity index (χ0n) is 14.5. The number of hydrogen-bond donors (Lipinski definition) is 2. The summed E-state index contributed by atoms with van der Waals surface area (Å²) >= 11 is 0. The Kier molecular flexibility index (Phi) is 4.48. The van der Waals surface area contributed by atoms with Crippen molar-refractivity contribution in [3.05, 3.63) is 30.6 Å². The SMILES string of the molecule is O=C([C@H]1CCCNC1)N1CCC(O)(Cn2ccc3ncccc32)CC1. The van der Waals surface area contributed by atoms with Crippen molar-refractivity contribution in [3.8, 4) is 0 Å². The lowest BCUT2D eigenvalue weighted by Crippen LogP contribution is -2.51. The molecule has 0 bridgehead atoms. The predicted octanol–water partition coefficient (Wildman–Crippen LogP) is 1.39. The predicted molar refractivity (Wildman–Crippen MR) is 96.1 cm³/mol. The van der Waals surface area contributed by atoms with Crippen LogP contribution in [0.1, 0.15) is 25.7 Å². The van der Waals surface area contributed by atoms with Crippen molar-refractivity contribution in [1.29, 1.82) is 0 Å². The topological polar surface area (TPSA) is 70.4 Å². The van der Waals surface area contributed by atoms with E-state index in [2.05, 4.69) is 14.9 Å². The Hall–Kier alpha value is -1.92. The summed E-state index contributed by atoms with van der Waals surface area (Å²) in [6.07, 6.45) is 7.07. The second-order valence-corrected chi connectivity index (χ2v) is 7.44. The van der Waals surface area contributed by atoms with Gasteiger partial charge in [0.05, 0.1) is 29.1 Å². The highest BCUT2D eigenvalue weighted by atomic mass is 16.3. The van der Waals surface area contributed by atoms with E-state index >= 15 is 0 Å². The highest BCUT2D eigenvalue weighted by Crippen LogP contribution is 2.27. The van der Waals surface area contributed by atoms with E-state index in [1.165, 1.54) is 0 Å². The number of piperidine rings is 2. The number of aromatic nitrogens is 2. The number of pyridine rings is 1. The molecular weight excluding hydrogens is 316 g/mol. The van der Waals surface area contributed by atoms with Crippen molar-refractivity contribution in [3.63, 3.8) is 0 Å². The maximum atomic E-state index is 12.6. The average Bonchev–Trinajstić information content (AvgIpc) is 3.05. The number of carbonyl (C=O) groups excluding carboxylic acids is 1. The van der Waals surface area contributed by atoms with Crippen LogP contribution in [0, 0.1) is 5.92 Å². The van der Waals surface area contributed by atoms with Crippen molar-refractivity contribution >= 4 is 16.9 Å². The summed E-state index contributed by atoms with van der Waals surface area (Å²) in [6, 6.07) is 5.93. The molecule has 0 aliphatic carbocycles. The van der Waals surface area contributed by atoms with Gasteiger partial charge in [0.2, 0.25) is 5.91 Å². The zero-order valence-corrected chi connectivity index (χ0v) is 14.5. The van der Waals surface area contributed by atoms with E-state index in [9.17, 15) is 9.90 Å². The number of rotatable bonds is 3. The summed E-state index contributed by atoms with van der Waals surface area (Å²) in [5.41, 5.74) is 1.23. The van der Waals surface area contributed by atoms with Crippen LogP contribution in [0.2, 0.25) is 0 Å². The molecule has 2 aliphatic heterocycles. The molecule has 0 spiro atoms. The first-order chi connectivity index (χ1) is 12.1. The molecule has 4 rings (SSSR count). The van der Waals surface area contributed by atoms with Gasteiger partial charge < -0.3 is 19.9 Å². The second-order valence-electron chi connectivity index (χ2n) is 7.44. The first kappa shape index (κ1) is 16.5. The third-order valence-corrected chi connectivity index (χ3v) is 5.65. The number of nitrogens with zero attached hydrogens (tertiary/aromatic N) is 3. The van der Waals surface area contributed by atoms with Gasteiger partial charge in [-0.05, 0) is 50.4 Å². The molecule has 2 N–H and O–H groups in total. The minimum atomic E-state index is -0.761. The van der Waals surface area contributed by atoms with Crippen LogP contribution in [-0.2, 0) is 11.3 Å². The van der Waals surface area contributed by atoms with E-state index in [4.69, 9.17) is 0 Å². The highest BCUT2D eigenvalue weighted by Gasteiger charge is 2.36. The van der Waals surface area contributed by atoms with Crippen LogP contribution in [-0.4, -0.2) is 57.2 Å². The largest absolute Gasteiger partial charge is 0.388 e. The molecule has 1 atom stereocenters. The lowest BCUT2D eigenvalue weighted by molar-refractivity contribution is -0.140. The van der Waals surface area contributed by atoms with Gasteiger partial charge in [-0.1, -0.05) is 0 Å². The van der Waals surface area contributed by atoms with Gasteiger partial charge in [-0.3, -0.25) is 9.78 Å². The van der Waals surface area contributed by atoms with E-state index in [-0.39, 0.29) is 11.8 Å². The van der Waals surface area contributed by atoms with Gasteiger partial charge in [0.1, 0.15) is 0 Å². The number of carbonyl (C=O) groups is 1. The quantitative estimate of drug-likeness (QED) is 0.884. The fourth-order valence-corrected chi connectivity index (χ4v) is 4.10. The van der Waals surface area contributed by atoms with Crippen molar-refractivity contribution < 1.29 is 9.90 Å². The number of hydrogen-bond acceptors (Lipinski definition) is 4. The van der Waals surface area contributed by atoms with E-state index in [0.29, 0.717) is 32.5 Å². The van der Waals surface area contributed by atoms with E-state index in [1.54, 1.807) is 6.20 Å². The molecule has 25 heavy (non-hydrogen) atoms. The van der Waals surface area contributed by atoms with Gasteiger partial charge in [-0.15, -0.1) is 0 Å². The fraction of sp³-hybridized carbons (Fsp3) is 0.579. The van der Waals surface area contributed by atoms with Gasteiger partial charge in [0.15, 0.2) is 0 Å². The first-order valence-corrected chi connectivity index (χ1v) is 9.26. The van der Waals surface area contributed by atoms with Crippen LogP contribution < -0.4 is 5.32 Å². The molecule has 0 radical (unpaired) electrons. The Morgan fingerprint density at radius 3 is 2.96 bits per heavy atom. The molecule has 6 heteroatoms. The first-order valence-electron chi connectivity index (χ1n) is 9.26. The Labute approximate surface area is 147 Å². The standard InChI is InChI=1S/C19H26N4O2/c24-18(15-3-1-8-20-13-15)22-11-6-19(25,7-12-22)14-23-10-5-16-17(23)4-2-9-21-16/h2,4-5,9-10,15,20,25H,1,3,6-8,11-14H2/t15-/m0/s1. The third kappa shape index (κ3) is 3.41. The molecule has 2 aromatic heterocycles. The number of likely N-dealkylation sites (tertiary alicyclic amines) is 1. The lowest BCUT2D eigenvalue weighted by Gasteiger charge is -2.40.